The first-order valence-corrected chi connectivity index (χ1v) is 9.99. The molecule has 2 aromatic carbocycles. The summed E-state index contributed by atoms with van der Waals surface area (Å²) in [5, 5.41) is 0. The highest BCUT2D eigenvalue weighted by Gasteiger charge is 2.14. The molecule has 2 aromatic heterocycles. The van der Waals surface area contributed by atoms with E-state index in [4.69, 9.17) is 19.9 Å². The van der Waals surface area contributed by atoms with E-state index in [1.165, 1.54) is 0 Å². The van der Waals surface area contributed by atoms with Gasteiger partial charge >= 0.3 is 0 Å². The van der Waals surface area contributed by atoms with Crippen LogP contribution in [0, 0.1) is 0 Å². The van der Waals surface area contributed by atoms with Crippen LogP contribution < -0.4 is 10.5 Å². The molecule has 0 radical (unpaired) electrons. The van der Waals surface area contributed by atoms with Crippen molar-refractivity contribution in [1.82, 2.24) is 9.97 Å². The van der Waals surface area contributed by atoms with E-state index < -0.39 is 0 Å². The number of hydrogen-bond donors (Lipinski definition) is 1. The Morgan fingerprint density at radius 1 is 0.931 bits per heavy atom. The maximum absolute atomic E-state index is 6.09. The van der Waals surface area contributed by atoms with Crippen LogP contribution in [-0.4, -0.2) is 9.97 Å². The first-order chi connectivity index (χ1) is 14.3. The van der Waals surface area contributed by atoms with Crippen LogP contribution in [0.25, 0.3) is 11.1 Å². The van der Waals surface area contributed by atoms with Crippen molar-refractivity contribution < 1.29 is 9.15 Å². The van der Waals surface area contributed by atoms with Crippen LogP contribution in [0.4, 0.5) is 0 Å². The van der Waals surface area contributed by atoms with E-state index >= 15 is 0 Å². The third-order valence-corrected chi connectivity index (χ3v) is 4.97. The van der Waals surface area contributed by atoms with E-state index in [2.05, 4.69) is 18.0 Å². The predicted octanol–water partition coefficient (Wildman–Crippen LogP) is 4.61. The molecule has 0 fully saturated rings. The van der Waals surface area contributed by atoms with Gasteiger partial charge in [-0.1, -0.05) is 49.4 Å². The summed E-state index contributed by atoms with van der Waals surface area (Å²) in [5.41, 5.74) is 11.8. The van der Waals surface area contributed by atoms with Crippen molar-refractivity contribution in [1.29, 1.82) is 0 Å². The van der Waals surface area contributed by atoms with Gasteiger partial charge in [0.2, 0.25) is 5.88 Å². The van der Waals surface area contributed by atoms with Crippen molar-refractivity contribution in [2.45, 2.75) is 39.3 Å². The van der Waals surface area contributed by atoms with Crippen LogP contribution in [0.3, 0.4) is 0 Å². The lowest BCUT2D eigenvalue weighted by atomic mass is 10.0. The number of nitrogens with two attached hydrogens (primary N) is 1. The molecule has 0 aliphatic carbocycles. The molecule has 0 aliphatic heterocycles. The molecule has 0 bridgehead atoms. The minimum atomic E-state index is 0.399. The van der Waals surface area contributed by atoms with Gasteiger partial charge in [-0.15, -0.1) is 0 Å². The molecule has 0 spiro atoms. The molecule has 148 valence electrons. The van der Waals surface area contributed by atoms with Gasteiger partial charge < -0.3 is 14.9 Å². The highest BCUT2D eigenvalue weighted by Crippen LogP contribution is 2.24. The minimum Gasteiger partial charge on any atom is -0.473 e. The second kappa shape index (κ2) is 8.88. The maximum atomic E-state index is 6.09. The lowest BCUT2D eigenvalue weighted by Crippen LogP contribution is -2.10. The van der Waals surface area contributed by atoms with Crippen LogP contribution in [0.2, 0.25) is 0 Å². The predicted molar refractivity (Wildman–Crippen MR) is 114 cm³/mol. The first kappa shape index (κ1) is 19.2. The third kappa shape index (κ3) is 4.46. The van der Waals surface area contributed by atoms with Crippen LogP contribution in [0.15, 0.2) is 65.1 Å². The van der Waals surface area contributed by atoms with E-state index in [1.807, 2.05) is 54.6 Å². The molecule has 2 N–H and O–H groups in total. The zero-order valence-electron chi connectivity index (χ0n) is 16.6. The van der Waals surface area contributed by atoms with Gasteiger partial charge in [-0.3, -0.25) is 0 Å². The van der Waals surface area contributed by atoms with Gasteiger partial charge in [-0.2, -0.15) is 0 Å². The SMILES string of the molecule is CCc1cc(CCc2nc3ccccc3o2)c(OCc2ccccc2)nc1CN. The molecular formula is C24H25N3O2. The number of ether oxygens (including phenoxy) is 1. The Kier molecular flexibility index (Phi) is 5.86. The van der Waals surface area contributed by atoms with E-state index in [0.717, 1.165) is 52.2 Å². The number of fused-ring (bicyclic) bond motifs is 1. The molecule has 2 heterocycles. The third-order valence-electron chi connectivity index (χ3n) is 4.97. The molecule has 5 heteroatoms. The molecule has 5 nitrogen and oxygen atoms in total. The summed E-state index contributed by atoms with van der Waals surface area (Å²) in [6.45, 7) is 2.99. The van der Waals surface area contributed by atoms with Crippen molar-refractivity contribution in [3.8, 4) is 5.88 Å². The fraction of sp³-hybridized carbons (Fsp3) is 0.250. The standard InChI is InChI=1S/C24H25N3O2/c1-2-18-14-19(12-13-23-26-20-10-6-7-11-22(20)29-23)24(27-21(18)15-25)28-16-17-8-4-3-5-9-17/h3-11,14H,2,12-13,15-16,25H2,1H3. The van der Waals surface area contributed by atoms with E-state index in [0.29, 0.717) is 25.5 Å². The molecular weight excluding hydrogens is 362 g/mol. The van der Waals surface area contributed by atoms with Crippen LogP contribution in [0.1, 0.15) is 35.2 Å². The zero-order chi connectivity index (χ0) is 20.1. The molecule has 0 amide bonds. The smallest absolute Gasteiger partial charge is 0.217 e. The van der Waals surface area contributed by atoms with Crippen molar-refractivity contribution in [3.63, 3.8) is 0 Å². The normalized spacial score (nSPS) is 11.1. The van der Waals surface area contributed by atoms with E-state index in [-0.39, 0.29) is 0 Å². The number of benzene rings is 2. The Balaban J connectivity index is 1.57. The number of nitrogens with zero attached hydrogens (tertiary/aromatic N) is 2. The Bertz CT molecular complexity index is 1060. The van der Waals surface area contributed by atoms with Gasteiger partial charge in [0.15, 0.2) is 11.5 Å². The van der Waals surface area contributed by atoms with Crippen molar-refractivity contribution in [2.75, 3.05) is 0 Å². The molecule has 0 saturated heterocycles. The minimum absolute atomic E-state index is 0.399. The summed E-state index contributed by atoms with van der Waals surface area (Å²) >= 11 is 0. The molecule has 4 rings (SSSR count). The number of hydrogen-bond acceptors (Lipinski definition) is 5. The largest absolute Gasteiger partial charge is 0.473 e. The average molecular weight is 387 g/mol. The molecule has 0 aliphatic rings. The fourth-order valence-corrected chi connectivity index (χ4v) is 3.40. The number of para-hydroxylation sites is 2. The second-order valence-electron chi connectivity index (χ2n) is 6.97. The average Bonchev–Trinajstić information content (AvgIpc) is 3.19. The molecule has 29 heavy (non-hydrogen) atoms. The number of rotatable bonds is 8. The molecule has 4 aromatic rings. The summed E-state index contributed by atoms with van der Waals surface area (Å²) in [6, 6.07) is 20.1. The van der Waals surface area contributed by atoms with Crippen molar-refractivity contribution in [3.05, 3.63) is 88.9 Å². The van der Waals surface area contributed by atoms with E-state index in [1.54, 1.807) is 0 Å². The molecule has 0 atom stereocenters. The van der Waals surface area contributed by atoms with Crippen molar-refractivity contribution in [2.24, 2.45) is 5.73 Å². The van der Waals surface area contributed by atoms with Gasteiger partial charge in [0.25, 0.3) is 0 Å². The van der Waals surface area contributed by atoms with Crippen LogP contribution in [-0.2, 0) is 32.4 Å². The zero-order valence-corrected chi connectivity index (χ0v) is 16.6. The van der Waals surface area contributed by atoms with Gasteiger partial charge in [-0.25, -0.2) is 9.97 Å². The topological polar surface area (TPSA) is 74.2 Å². The molecule has 0 saturated carbocycles. The van der Waals surface area contributed by atoms with E-state index in [9.17, 15) is 0 Å². The van der Waals surface area contributed by atoms with Crippen LogP contribution in [0.5, 0.6) is 5.88 Å². The summed E-state index contributed by atoms with van der Waals surface area (Å²) < 4.78 is 12.0. The van der Waals surface area contributed by atoms with Gasteiger partial charge in [0.05, 0.1) is 5.69 Å². The van der Waals surface area contributed by atoms with Gasteiger partial charge in [0, 0.05) is 18.5 Å². The Morgan fingerprint density at radius 3 is 2.48 bits per heavy atom. The highest BCUT2D eigenvalue weighted by atomic mass is 16.5. The van der Waals surface area contributed by atoms with Gasteiger partial charge in [0.1, 0.15) is 12.1 Å². The summed E-state index contributed by atoms with van der Waals surface area (Å²) in [6.07, 6.45) is 2.30. The highest BCUT2D eigenvalue weighted by molar-refractivity contribution is 5.72. The van der Waals surface area contributed by atoms with Gasteiger partial charge in [-0.05, 0) is 42.2 Å². The summed E-state index contributed by atoms with van der Waals surface area (Å²) in [7, 11) is 0. The fourth-order valence-electron chi connectivity index (χ4n) is 3.40. The molecule has 0 unspecified atom stereocenters. The van der Waals surface area contributed by atoms with Crippen molar-refractivity contribution >= 4 is 11.1 Å². The Labute approximate surface area is 170 Å². The lowest BCUT2D eigenvalue weighted by molar-refractivity contribution is 0.289. The number of aromatic nitrogens is 2. The van der Waals surface area contributed by atoms with Crippen LogP contribution >= 0.6 is 0 Å². The lowest BCUT2D eigenvalue weighted by Gasteiger charge is -2.14. The summed E-state index contributed by atoms with van der Waals surface area (Å²) in [4.78, 5) is 9.31. The second-order valence-corrected chi connectivity index (χ2v) is 6.97. The number of pyridine rings is 1. The quantitative estimate of drug-likeness (QED) is 0.478. The first-order valence-electron chi connectivity index (χ1n) is 9.99. The number of aryl methyl sites for hydroxylation is 3. The summed E-state index contributed by atoms with van der Waals surface area (Å²) in [5.74, 6) is 1.36. The Hall–Kier alpha value is -3.18. The maximum Gasteiger partial charge on any atom is 0.217 e. The monoisotopic (exact) mass is 387 g/mol. The number of oxazole rings is 1. The Morgan fingerprint density at radius 2 is 1.72 bits per heavy atom.